The Morgan fingerprint density at radius 3 is 2.50 bits per heavy atom. The molecule has 0 bridgehead atoms. The van der Waals surface area contributed by atoms with Gasteiger partial charge >= 0.3 is 0 Å². The molecule has 1 aromatic carbocycles. The Kier molecular flexibility index (Phi) is 5.21. The minimum Gasteiger partial charge on any atom is -0.387 e. The van der Waals surface area contributed by atoms with Crippen LogP contribution in [0.3, 0.4) is 0 Å². The second kappa shape index (κ2) is 6.91. The molecule has 0 amide bonds. The fourth-order valence-corrected chi connectivity index (χ4v) is 2.79. The Labute approximate surface area is 110 Å². The van der Waals surface area contributed by atoms with Crippen molar-refractivity contribution in [3.05, 3.63) is 35.9 Å². The van der Waals surface area contributed by atoms with Crippen LogP contribution in [0.5, 0.6) is 0 Å². The maximum Gasteiger partial charge on any atom is 0.0940 e. The van der Waals surface area contributed by atoms with Gasteiger partial charge < -0.3 is 10.4 Å². The van der Waals surface area contributed by atoms with Crippen molar-refractivity contribution in [2.75, 3.05) is 6.54 Å². The Morgan fingerprint density at radius 2 is 1.83 bits per heavy atom. The van der Waals surface area contributed by atoms with Gasteiger partial charge in [0.05, 0.1) is 6.10 Å². The average Bonchev–Trinajstić information content (AvgIpc) is 2.46. The van der Waals surface area contributed by atoms with E-state index < -0.39 is 6.10 Å². The number of hydrogen-bond donors (Lipinski definition) is 2. The van der Waals surface area contributed by atoms with Crippen LogP contribution in [0.1, 0.15) is 50.7 Å². The van der Waals surface area contributed by atoms with Crippen LogP contribution in [0, 0.1) is 5.92 Å². The number of aliphatic hydroxyl groups excluding tert-OH is 1. The molecule has 0 radical (unpaired) electrons. The molecule has 0 heterocycles. The smallest absolute Gasteiger partial charge is 0.0940 e. The van der Waals surface area contributed by atoms with Gasteiger partial charge in [0.25, 0.3) is 0 Å². The molecule has 2 nitrogen and oxygen atoms in total. The lowest BCUT2D eigenvalue weighted by atomic mass is 9.89. The van der Waals surface area contributed by atoms with E-state index in [0.29, 0.717) is 0 Å². The van der Waals surface area contributed by atoms with Gasteiger partial charge in [-0.3, -0.25) is 0 Å². The first-order valence-electron chi connectivity index (χ1n) is 7.24. The van der Waals surface area contributed by atoms with Crippen molar-refractivity contribution in [3.63, 3.8) is 0 Å². The molecule has 1 aliphatic rings. The summed E-state index contributed by atoms with van der Waals surface area (Å²) in [5.74, 6) is 0.809. The first kappa shape index (κ1) is 13.6. The molecular formula is C16H25NO. The molecule has 1 aliphatic carbocycles. The van der Waals surface area contributed by atoms with Gasteiger partial charge in [0.2, 0.25) is 0 Å². The molecular weight excluding hydrogens is 222 g/mol. The quantitative estimate of drug-likeness (QED) is 0.837. The van der Waals surface area contributed by atoms with Crippen molar-refractivity contribution < 1.29 is 5.11 Å². The third-order valence-electron chi connectivity index (χ3n) is 4.07. The van der Waals surface area contributed by atoms with Gasteiger partial charge in [-0.1, -0.05) is 49.6 Å². The van der Waals surface area contributed by atoms with E-state index in [0.717, 1.165) is 18.0 Å². The Hall–Kier alpha value is -0.860. The number of aliphatic hydroxyl groups is 1. The molecule has 1 fully saturated rings. The van der Waals surface area contributed by atoms with Crippen molar-refractivity contribution >= 4 is 0 Å². The molecule has 1 aromatic rings. The zero-order valence-electron chi connectivity index (χ0n) is 11.3. The fourth-order valence-electron chi connectivity index (χ4n) is 2.79. The highest BCUT2D eigenvalue weighted by atomic mass is 16.3. The fraction of sp³-hybridized carbons (Fsp3) is 0.625. The van der Waals surface area contributed by atoms with E-state index in [1.165, 1.54) is 32.1 Å². The standard InChI is InChI=1S/C16H25NO/c1-13(16(18)15-10-6-3-7-11-15)17-12-14-8-4-2-5-9-14/h3,6-7,10-11,13-14,16-18H,2,4-5,8-9,12H2,1H3/t13?,16-/m1/s1. The van der Waals surface area contributed by atoms with Crippen LogP contribution in [0.2, 0.25) is 0 Å². The van der Waals surface area contributed by atoms with Crippen molar-refractivity contribution in [1.82, 2.24) is 5.32 Å². The van der Waals surface area contributed by atoms with Crippen molar-refractivity contribution in [2.24, 2.45) is 5.92 Å². The largest absolute Gasteiger partial charge is 0.387 e. The normalized spacial score (nSPS) is 20.6. The number of rotatable bonds is 5. The molecule has 2 atom stereocenters. The summed E-state index contributed by atoms with van der Waals surface area (Å²) in [5.41, 5.74) is 1.00. The molecule has 1 saturated carbocycles. The predicted octanol–water partition coefficient (Wildman–Crippen LogP) is 3.28. The summed E-state index contributed by atoms with van der Waals surface area (Å²) in [6, 6.07) is 10.0. The van der Waals surface area contributed by atoms with E-state index in [4.69, 9.17) is 0 Å². The lowest BCUT2D eigenvalue weighted by Crippen LogP contribution is -2.36. The van der Waals surface area contributed by atoms with Crippen molar-refractivity contribution in [3.8, 4) is 0 Å². The van der Waals surface area contributed by atoms with Crippen LogP contribution in [-0.4, -0.2) is 17.7 Å². The highest BCUT2D eigenvalue weighted by molar-refractivity contribution is 5.18. The van der Waals surface area contributed by atoms with Crippen molar-refractivity contribution in [1.29, 1.82) is 0 Å². The van der Waals surface area contributed by atoms with E-state index in [-0.39, 0.29) is 6.04 Å². The molecule has 2 heteroatoms. The average molecular weight is 247 g/mol. The second-order valence-electron chi connectivity index (χ2n) is 5.56. The summed E-state index contributed by atoms with van der Waals surface area (Å²) in [6.45, 7) is 3.12. The molecule has 0 aliphatic heterocycles. The molecule has 2 rings (SSSR count). The molecule has 2 N–H and O–H groups in total. The third-order valence-corrected chi connectivity index (χ3v) is 4.07. The lowest BCUT2D eigenvalue weighted by Gasteiger charge is -2.26. The molecule has 0 aromatic heterocycles. The summed E-state index contributed by atoms with van der Waals surface area (Å²) in [5, 5.41) is 13.8. The Balaban J connectivity index is 1.78. The lowest BCUT2D eigenvalue weighted by molar-refractivity contribution is 0.131. The van der Waals surface area contributed by atoms with Crippen LogP contribution in [0.4, 0.5) is 0 Å². The number of hydrogen-bond acceptors (Lipinski definition) is 2. The van der Waals surface area contributed by atoms with E-state index in [1.807, 2.05) is 30.3 Å². The summed E-state index contributed by atoms with van der Waals surface area (Å²) in [4.78, 5) is 0. The maximum absolute atomic E-state index is 10.3. The second-order valence-corrected chi connectivity index (χ2v) is 5.56. The molecule has 1 unspecified atom stereocenters. The number of nitrogens with one attached hydrogen (secondary N) is 1. The number of benzene rings is 1. The van der Waals surface area contributed by atoms with E-state index in [9.17, 15) is 5.11 Å². The Bertz CT molecular complexity index is 332. The van der Waals surface area contributed by atoms with Crippen LogP contribution in [0.25, 0.3) is 0 Å². The van der Waals surface area contributed by atoms with Gasteiger partial charge in [-0.2, -0.15) is 0 Å². The summed E-state index contributed by atoms with van der Waals surface area (Å²) in [6.07, 6.45) is 6.44. The molecule has 18 heavy (non-hydrogen) atoms. The van der Waals surface area contributed by atoms with E-state index in [2.05, 4.69) is 12.2 Å². The first-order chi connectivity index (χ1) is 8.77. The third kappa shape index (κ3) is 3.82. The van der Waals surface area contributed by atoms with Crippen molar-refractivity contribution in [2.45, 2.75) is 51.2 Å². The summed E-state index contributed by atoms with van der Waals surface area (Å²) in [7, 11) is 0. The topological polar surface area (TPSA) is 32.3 Å². The highest BCUT2D eigenvalue weighted by Gasteiger charge is 2.18. The van der Waals surface area contributed by atoms with Crippen LogP contribution in [0.15, 0.2) is 30.3 Å². The van der Waals surface area contributed by atoms with Gasteiger partial charge in [-0.15, -0.1) is 0 Å². The van der Waals surface area contributed by atoms with Gasteiger partial charge in [0.15, 0.2) is 0 Å². The predicted molar refractivity (Wildman–Crippen MR) is 75.4 cm³/mol. The molecule has 0 saturated heterocycles. The van der Waals surface area contributed by atoms with Gasteiger partial charge in [-0.05, 0) is 37.8 Å². The van der Waals surface area contributed by atoms with Gasteiger partial charge in [0.1, 0.15) is 0 Å². The minimum atomic E-state index is -0.408. The highest BCUT2D eigenvalue weighted by Crippen LogP contribution is 2.23. The van der Waals surface area contributed by atoms with E-state index in [1.54, 1.807) is 0 Å². The summed E-state index contributed by atoms with van der Waals surface area (Å²) < 4.78 is 0. The SMILES string of the molecule is CC(NCC1CCCCC1)[C@@H](O)c1ccccc1. The monoisotopic (exact) mass is 247 g/mol. The Morgan fingerprint density at radius 1 is 1.17 bits per heavy atom. The molecule has 0 spiro atoms. The van der Waals surface area contributed by atoms with Gasteiger partial charge in [0, 0.05) is 6.04 Å². The zero-order chi connectivity index (χ0) is 12.8. The summed E-state index contributed by atoms with van der Waals surface area (Å²) >= 11 is 0. The van der Waals surface area contributed by atoms with Crippen LogP contribution < -0.4 is 5.32 Å². The van der Waals surface area contributed by atoms with Crippen LogP contribution in [-0.2, 0) is 0 Å². The zero-order valence-corrected chi connectivity index (χ0v) is 11.3. The maximum atomic E-state index is 10.3. The first-order valence-corrected chi connectivity index (χ1v) is 7.24. The van der Waals surface area contributed by atoms with Crippen LogP contribution >= 0.6 is 0 Å². The molecule has 100 valence electrons. The minimum absolute atomic E-state index is 0.120. The van der Waals surface area contributed by atoms with Gasteiger partial charge in [-0.25, -0.2) is 0 Å². The van der Waals surface area contributed by atoms with E-state index >= 15 is 0 Å².